The van der Waals surface area contributed by atoms with Gasteiger partial charge in [0.25, 0.3) is 0 Å². The number of carboxylic acids is 1. The number of hydrogen-bond donors (Lipinski definition) is 2. The molecule has 0 bridgehead atoms. The van der Waals surface area contributed by atoms with Gasteiger partial charge in [-0.1, -0.05) is 12.1 Å². The van der Waals surface area contributed by atoms with Crippen molar-refractivity contribution in [2.75, 3.05) is 5.75 Å². The molecule has 1 aliphatic carbocycles. The number of halogens is 1. The molecule has 0 aliphatic heterocycles. The van der Waals surface area contributed by atoms with Gasteiger partial charge in [0.15, 0.2) is 0 Å². The zero-order valence-electron chi connectivity index (χ0n) is 11.6. The van der Waals surface area contributed by atoms with E-state index in [-0.39, 0.29) is 24.6 Å². The number of amides is 1. The first-order chi connectivity index (χ1) is 10.0. The summed E-state index contributed by atoms with van der Waals surface area (Å²) in [5, 5.41) is 11.7. The molecule has 0 aromatic heterocycles. The first-order valence-corrected chi connectivity index (χ1v) is 7.89. The van der Waals surface area contributed by atoms with E-state index in [9.17, 15) is 14.0 Å². The van der Waals surface area contributed by atoms with Crippen LogP contribution in [0.1, 0.15) is 32.1 Å². The van der Waals surface area contributed by atoms with Gasteiger partial charge in [0.1, 0.15) is 5.82 Å². The van der Waals surface area contributed by atoms with Crippen LogP contribution in [0.25, 0.3) is 0 Å². The first-order valence-electron chi connectivity index (χ1n) is 6.91. The third kappa shape index (κ3) is 4.46. The van der Waals surface area contributed by atoms with Gasteiger partial charge < -0.3 is 10.4 Å². The van der Waals surface area contributed by atoms with E-state index in [4.69, 9.17) is 5.11 Å². The van der Waals surface area contributed by atoms with Gasteiger partial charge >= 0.3 is 5.97 Å². The van der Waals surface area contributed by atoms with Gasteiger partial charge in [-0.25, -0.2) is 4.39 Å². The minimum absolute atomic E-state index is 0.0286. The molecule has 6 heteroatoms. The van der Waals surface area contributed by atoms with Crippen LogP contribution in [0.5, 0.6) is 0 Å². The number of thioether (sulfide) groups is 1. The molecule has 0 atom stereocenters. The number of carbonyl (C=O) groups is 2. The lowest BCUT2D eigenvalue weighted by Gasteiger charge is -2.41. The van der Waals surface area contributed by atoms with Crippen molar-refractivity contribution in [1.29, 1.82) is 0 Å². The average Bonchev–Trinajstić information content (AvgIpc) is 2.38. The summed E-state index contributed by atoms with van der Waals surface area (Å²) in [5.41, 5.74) is -0.564. The molecular formula is C15H18FNO3S. The Morgan fingerprint density at radius 1 is 1.33 bits per heavy atom. The molecule has 1 aliphatic rings. The second kappa shape index (κ2) is 6.93. The second-order valence-electron chi connectivity index (χ2n) is 5.28. The monoisotopic (exact) mass is 311 g/mol. The Hall–Kier alpha value is -1.56. The normalized spacial score (nSPS) is 16.0. The lowest BCUT2D eigenvalue weighted by Crippen LogP contribution is -2.54. The second-order valence-corrected chi connectivity index (χ2v) is 6.42. The third-order valence-corrected chi connectivity index (χ3v) is 4.68. The molecule has 21 heavy (non-hydrogen) atoms. The summed E-state index contributed by atoms with van der Waals surface area (Å²) in [6.07, 6.45) is 2.59. The molecule has 0 radical (unpaired) electrons. The number of nitrogens with one attached hydrogen (secondary N) is 1. The molecule has 114 valence electrons. The fourth-order valence-corrected chi connectivity index (χ4v) is 3.30. The highest BCUT2D eigenvalue weighted by molar-refractivity contribution is 7.99. The van der Waals surface area contributed by atoms with Gasteiger partial charge in [-0.2, -0.15) is 0 Å². The van der Waals surface area contributed by atoms with Gasteiger partial charge in [-0.3, -0.25) is 9.59 Å². The summed E-state index contributed by atoms with van der Waals surface area (Å²) < 4.78 is 13.4. The van der Waals surface area contributed by atoms with E-state index in [1.54, 1.807) is 18.2 Å². The highest BCUT2D eigenvalue weighted by atomic mass is 32.2. The summed E-state index contributed by atoms with van der Waals surface area (Å²) >= 11 is 1.29. The average molecular weight is 311 g/mol. The Bertz CT molecular complexity index is 531. The van der Waals surface area contributed by atoms with Gasteiger partial charge in [0.2, 0.25) is 5.91 Å². The van der Waals surface area contributed by atoms with E-state index in [2.05, 4.69) is 5.32 Å². The number of benzene rings is 1. The van der Waals surface area contributed by atoms with Gasteiger partial charge in [-0.05, 0) is 31.4 Å². The summed E-state index contributed by atoms with van der Waals surface area (Å²) in [7, 11) is 0. The molecule has 1 saturated carbocycles. The minimum atomic E-state index is -0.893. The molecule has 1 aromatic carbocycles. The molecule has 1 aromatic rings. The number of carboxylic acid groups (broad SMARTS) is 1. The van der Waals surface area contributed by atoms with Gasteiger partial charge in [0.05, 0.1) is 12.0 Å². The third-order valence-electron chi connectivity index (χ3n) is 3.63. The van der Waals surface area contributed by atoms with Crippen molar-refractivity contribution in [1.82, 2.24) is 5.32 Å². The Morgan fingerprint density at radius 3 is 2.62 bits per heavy atom. The fraction of sp³-hybridized carbons (Fsp3) is 0.467. The van der Waals surface area contributed by atoms with Crippen LogP contribution < -0.4 is 5.32 Å². The minimum Gasteiger partial charge on any atom is -0.481 e. The quantitative estimate of drug-likeness (QED) is 0.760. The van der Waals surface area contributed by atoms with Crippen molar-refractivity contribution < 1.29 is 19.1 Å². The Labute approximate surface area is 127 Å². The van der Waals surface area contributed by atoms with Crippen molar-refractivity contribution in [2.24, 2.45) is 0 Å². The van der Waals surface area contributed by atoms with Crippen LogP contribution in [-0.4, -0.2) is 28.3 Å². The molecule has 0 saturated heterocycles. The van der Waals surface area contributed by atoms with Crippen LogP contribution in [0.4, 0.5) is 4.39 Å². The topological polar surface area (TPSA) is 66.4 Å². The molecule has 2 N–H and O–H groups in total. The van der Waals surface area contributed by atoms with Gasteiger partial charge in [-0.15, -0.1) is 11.8 Å². The molecule has 4 nitrogen and oxygen atoms in total. The lowest BCUT2D eigenvalue weighted by molar-refractivity contribution is -0.140. The van der Waals surface area contributed by atoms with Crippen molar-refractivity contribution in [2.45, 2.75) is 42.5 Å². The number of aliphatic carboxylic acids is 1. The summed E-state index contributed by atoms with van der Waals surface area (Å²) in [6, 6.07) is 6.44. The lowest BCUT2D eigenvalue weighted by atomic mass is 9.74. The molecular weight excluding hydrogens is 293 g/mol. The molecule has 1 fully saturated rings. The van der Waals surface area contributed by atoms with Gasteiger partial charge in [0, 0.05) is 17.1 Å². The van der Waals surface area contributed by atoms with E-state index < -0.39 is 11.5 Å². The predicted molar refractivity (Wildman–Crippen MR) is 78.7 cm³/mol. The highest BCUT2D eigenvalue weighted by Gasteiger charge is 2.40. The summed E-state index contributed by atoms with van der Waals surface area (Å²) in [5.74, 6) is -0.879. The highest BCUT2D eigenvalue weighted by Crippen LogP contribution is 2.35. The van der Waals surface area contributed by atoms with E-state index in [1.807, 2.05) is 0 Å². The maximum Gasteiger partial charge on any atom is 0.305 e. The van der Waals surface area contributed by atoms with E-state index >= 15 is 0 Å². The molecule has 2 rings (SSSR count). The smallest absolute Gasteiger partial charge is 0.305 e. The van der Waals surface area contributed by atoms with Crippen LogP contribution in [0, 0.1) is 5.82 Å². The Morgan fingerprint density at radius 2 is 2.05 bits per heavy atom. The van der Waals surface area contributed by atoms with Crippen molar-refractivity contribution >= 4 is 23.6 Å². The molecule has 1 amide bonds. The van der Waals surface area contributed by atoms with Crippen molar-refractivity contribution in [3.8, 4) is 0 Å². The van der Waals surface area contributed by atoms with Crippen molar-refractivity contribution in [3.05, 3.63) is 30.1 Å². The largest absolute Gasteiger partial charge is 0.481 e. The molecule has 0 unspecified atom stereocenters. The van der Waals surface area contributed by atoms with E-state index in [0.29, 0.717) is 23.5 Å². The predicted octanol–water partition coefficient (Wildman–Crippen LogP) is 2.82. The van der Waals surface area contributed by atoms with Crippen LogP contribution in [-0.2, 0) is 9.59 Å². The molecule has 0 heterocycles. The zero-order chi connectivity index (χ0) is 15.3. The standard InChI is InChI=1S/C15H18FNO3S/c16-11-4-1-2-5-12(11)21-9-6-13(18)17-15(7-3-8-15)10-14(19)20/h1-2,4-5H,3,6-10H2,(H,17,18)(H,19,20). The fourth-order valence-electron chi connectivity index (χ4n) is 2.41. The number of carbonyl (C=O) groups excluding carboxylic acids is 1. The van der Waals surface area contributed by atoms with E-state index in [0.717, 1.165) is 6.42 Å². The maximum atomic E-state index is 13.4. The maximum absolute atomic E-state index is 13.4. The number of hydrogen-bond acceptors (Lipinski definition) is 3. The first kappa shape index (κ1) is 15.8. The van der Waals surface area contributed by atoms with E-state index in [1.165, 1.54) is 17.8 Å². The van der Waals surface area contributed by atoms with Crippen LogP contribution in [0.15, 0.2) is 29.2 Å². The Kier molecular flexibility index (Phi) is 5.22. The Balaban J connectivity index is 1.77. The molecule has 0 spiro atoms. The summed E-state index contributed by atoms with van der Waals surface area (Å²) in [4.78, 5) is 23.2. The van der Waals surface area contributed by atoms with Crippen LogP contribution in [0.2, 0.25) is 0 Å². The number of rotatable bonds is 7. The van der Waals surface area contributed by atoms with Crippen LogP contribution >= 0.6 is 11.8 Å². The van der Waals surface area contributed by atoms with Crippen LogP contribution in [0.3, 0.4) is 0 Å². The zero-order valence-corrected chi connectivity index (χ0v) is 12.4. The van der Waals surface area contributed by atoms with Crippen molar-refractivity contribution in [3.63, 3.8) is 0 Å². The SMILES string of the molecule is O=C(O)CC1(NC(=O)CCSc2ccccc2F)CCC1. The summed E-state index contributed by atoms with van der Waals surface area (Å²) in [6.45, 7) is 0.